The molecule has 118 valence electrons. The van der Waals surface area contributed by atoms with Crippen LogP contribution in [0, 0.1) is 0 Å². The molecule has 0 aliphatic heterocycles. The minimum absolute atomic E-state index is 0.0787. The number of hydrogen-bond acceptors (Lipinski definition) is 2. The molecule has 0 amide bonds. The van der Waals surface area contributed by atoms with Crippen LogP contribution in [0.4, 0.5) is 19.0 Å². The van der Waals surface area contributed by atoms with E-state index in [1.54, 1.807) is 24.4 Å². The van der Waals surface area contributed by atoms with E-state index in [4.69, 9.17) is 0 Å². The summed E-state index contributed by atoms with van der Waals surface area (Å²) in [5, 5.41) is 3.29. The van der Waals surface area contributed by atoms with E-state index in [1.807, 2.05) is 0 Å². The summed E-state index contributed by atoms with van der Waals surface area (Å²) in [7, 11) is 0. The highest BCUT2D eigenvalue weighted by Crippen LogP contribution is 2.32. The molecule has 0 bridgehead atoms. The number of hydrogen-bond donors (Lipinski definition) is 1. The number of rotatable bonds is 4. The molecular formula is C17H19F3N2. The first-order valence-electron chi connectivity index (χ1n) is 7.13. The quantitative estimate of drug-likeness (QED) is 0.821. The summed E-state index contributed by atoms with van der Waals surface area (Å²) in [5.74, 6) is 0.711. The normalized spacial score (nSPS) is 12.3. The molecule has 0 aliphatic carbocycles. The van der Waals surface area contributed by atoms with E-state index in [0.29, 0.717) is 16.9 Å². The Balaban J connectivity index is 2.24. The van der Waals surface area contributed by atoms with Crippen molar-refractivity contribution in [1.82, 2.24) is 4.98 Å². The van der Waals surface area contributed by atoms with E-state index in [-0.39, 0.29) is 5.54 Å². The topological polar surface area (TPSA) is 24.9 Å². The Morgan fingerprint density at radius 2 is 1.77 bits per heavy atom. The number of pyridine rings is 1. The largest absolute Gasteiger partial charge is 0.416 e. The summed E-state index contributed by atoms with van der Waals surface area (Å²) in [6.07, 6.45) is -1.82. The van der Waals surface area contributed by atoms with Gasteiger partial charge in [-0.3, -0.25) is 0 Å². The fourth-order valence-corrected chi connectivity index (χ4v) is 1.95. The molecule has 0 saturated heterocycles. The average Bonchev–Trinajstić information content (AvgIpc) is 2.47. The first-order valence-corrected chi connectivity index (χ1v) is 7.13. The zero-order chi connectivity index (χ0) is 16.4. The lowest BCUT2D eigenvalue weighted by Gasteiger charge is -2.25. The van der Waals surface area contributed by atoms with Crippen molar-refractivity contribution in [3.8, 4) is 11.1 Å². The second kappa shape index (κ2) is 5.99. The second-order valence-electron chi connectivity index (χ2n) is 5.87. The van der Waals surface area contributed by atoms with E-state index < -0.39 is 11.7 Å². The lowest BCUT2D eigenvalue weighted by molar-refractivity contribution is -0.137. The fourth-order valence-electron chi connectivity index (χ4n) is 1.95. The molecule has 2 rings (SSSR count). The second-order valence-corrected chi connectivity index (χ2v) is 5.87. The van der Waals surface area contributed by atoms with E-state index in [1.165, 1.54) is 6.07 Å². The highest BCUT2D eigenvalue weighted by Gasteiger charge is 2.30. The lowest BCUT2D eigenvalue weighted by Crippen LogP contribution is -2.29. The molecule has 0 atom stereocenters. The Bertz CT molecular complexity index is 631. The predicted molar refractivity (Wildman–Crippen MR) is 82.7 cm³/mol. The van der Waals surface area contributed by atoms with Gasteiger partial charge in [0, 0.05) is 17.3 Å². The van der Waals surface area contributed by atoms with Crippen molar-refractivity contribution in [2.75, 3.05) is 5.32 Å². The maximum Gasteiger partial charge on any atom is 0.416 e. The number of anilines is 1. The predicted octanol–water partition coefficient (Wildman–Crippen LogP) is 5.37. The van der Waals surface area contributed by atoms with Crippen LogP contribution >= 0.6 is 0 Å². The van der Waals surface area contributed by atoms with E-state index in [9.17, 15) is 13.2 Å². The van der Waals surface area contributed by atoms with Gasteiger partial charge >= 0.3 is 6.18 Å². The molecule has 0 fully saturated rings. The van der Waals surface area contributed by atoms with Crippen molar-refractivity contribution in [3.05, 3.63) is 48.2 Å². The van der Waals surface area contributed by atoms with E-state index in [0.717, 1.165) is 18.6 Å². The summed E-state index contributed by atoms with van der Waals surface area (Å²) in [5.41, 5.74) is 0.430. The molecule has 0 aliphatic rings. The van der Waals surface area contributed by atoms with Crippen LogP contribution in [-0.2, 0) is 6.18 Å². The van der Waals surface area contributed by atoms with Gasteiger partial charge < -0.3 is 5.32 Å². The zero-order valence-electron chi connectivity index (χ0n) is 12.8. The van der Waals surface area contributed by atoms with Gasteiger partial charge in [-0.25, -0.2) is 4.98 Å². The Hall–Kier alpha value is -2.04. The van der Waals surface area contributed by atoms with Gasteiger partial charge in [0.1, 0.15) is 5.82 Å². The molecule has 1 heterocycles. The van der Waals surface area contributed by atoms with Crippen molar-refractivity contribution in [2.24, 2.45) is 0 Å². The number of nitrogens with one attached hydrogen (secondary N) is 1. The third kappa shape index (κ3) is 4.00. The van der Waals surface area contributed by atoms with Gasteiger partial charge in [-0.15, -0.1) is 0 Å². The third-order valence-corrected chi connectivity index (χ3v) is 3.64. The van der Waals surface area contributed by atoms with Crippen LogP contribution in [0.2, 0.25) is 0 Å². The number of nitrogens with zero attached hydrogens (tertiary/aromatic N) is 1. The standard InChI is InChI=1S/C17H19F3N2/c1-4-16(2,3)22-15-9-8-13(11-21-15)12-6-5-7-14(10-12)17(18,19)20/h5-11H,4H2,1-3H3,(H,21,22). The van der Waals surface area contributed by atoms with Gasteiger partial charge in [0.05, 0.1) is 5.56 Å². The maximum absolute atomic E-state index is 12.7. The fraction of sp³-hybridized carbons (Fsp3) is 0.353. The minimum atomic E-state index is -4.34. The van der Waals surface area contributed by atoms with Gasteiger partial charge in [0.2, 0.25) is 0 Å². The van der Waals surface area contributed by atoms with Crippen LogP contribution in [0.1, 0.15) is 32.8 Å². The average molecular weight is 308 g/mol. The Kier molecular flexibility index (Phi) is 4.44. The summed E-state index contributed by atoms with van der Waals surface area (Å²) in [6, 6.07) is 8.82. The molecule has 0 spiro atoms. The van der Waals surface area contributed by atoms with Crippen LogP contribution in [0.3, 0.4) is 0 Å². The van der Waals surface area contributed by atoms with E-state index >= 15 is 0 Å². The molecule has 0 unspecified atom stereocenters. The summed E-state index contributed by atoms with van der Waals surface area (Å²) < 4.78 is 38.2. The van der Waals surface area contributed by atoms with Crippen LogP contribution in [0.15, 0.2) is 42.6 Å². The van der Waals surface area contributed by atoms with Gasteiger partial charge in [0.25, 0.3) is 0 Å². The van der Waals surface area contributed by atoms with Crippen molar-refractivity contribution in [3.63, 3.8) is 0 Å². The highest BCUT2D eigenvalue weighted by molar-refractivity contribution is 5.64. The minimum Gasteiger partial charge on any atom is -0.365 e. The molecule has 1 N–H and O–H groups in total. The first-order chi connectivity index (χ1) is 10.2. The molecular weight excluding hydrogens is 289 g/mol. The van der Waals surface area contributed by atoms with Crippen LogP contribution < -0.4 is 5.32 Å². The van der Waals surface area contributed by atoms with Gasteiger partial charge in [-0.1, -0.05) is 19.1 Å². The number of aromatic nitrogens is 1. The van der Waals surface area contributed by atoms with Crippen molar-refractivity contribution in [2.45, 2.75) is 38.9 Å². The molecule has 22 heavy (non-hydrogen) atoms. The van der Waals surface area contributed by atoms with Crippen molar-refractivity contribution >= 4 is 5.82 Å². The lowest BCUT2D eigenvalue weighted by atomic mass is 10.0. The number of halogens is 3. The smallest absolute Gasteiger partial charge is 0.365 e. The number of alkyl halides is 3. The SMILES string of the molecule is CCC(C)(C)Nc1ccc(-c2cccc(C(F)(F)F)c2)cn1. The summed E-state index contributed by atoms with van der Waals surface area (Å²) >= 11 is 0. The Morgan fingerprint density at radius 1 is 1.05 bits per heavy atom. The van der Waals surface area contributed by atoms with Gasteiger partial charge in [-0.05, 0) is 50.1 Å². The molecule has 2 aromatic rings. The Labute approximate surface area is 128 Å². The number of benzene rings is 1. The monoisotopic (exact) mass is 308 g/mol. The third-order valence-electron chi connectivity index (χ3n) is 3.64. The molecule has 5 heteroatoms. The zero-order valence-corrected chi connectivity index (χ0v) is 12.8. The summed E-state index contributed by atoms with van der Waals surface area (Å²) in [4.78, 5) is 4.29. The maximum atomic E-state index is 12.7. The Morgan fingerprint density at radius 3 is 2.32 bits per heavy atom. The first kappa shape index (κ1) is 16.3. The summed E-state index contributed by atoms with van der Waals surface area (Å²) in [6.45, 7) is 6.20. The van der Waals surface area contributed by atoms with Gasteiger partial charge in [-0.2, -0.15) is 13.2 Å². The van der Waals surface area contributed by atoms with Crippen LogP contribution in [0.5, 0.6) is 0 Å². The molecule has 2 nitrogen and oxygen atoms in total. The van der Waals surface area contributed by atoms with Crippen LogP contribution in [-0.4, -0.2) is 10.5 Å². The van der Waals surface area contributed by atoms with Crippen LogP contribution in [0.25, 0.3) is 11.1 Å². The highest BCUT2D eigenvalue weighted by atomic mass is 19.4. The molecule has 0 radical (unpaired) electrons. The molecule has 1 aromatic carbocycles. The van der Waals surface area contributed by atoms with E-state index in [2.05, 4.69) is 31.1 Å². The van der Waals surface area contributed by atoms with Crippen molar-refractivity contribution < 1.29 is 13.2 Å². The van der Waals surface area contributed by atoms with Gasteiger partial charge in [0.15, 0.2) is 0 Å². The molecule has 1 aromatic heterocycles. The molecule has 0 saturated carbocycles. The van der Waals surface area contributed by atoms with Crippen molar-refractivity contribution in [1.29, 1.82) is 0 Å².